The standard InChI is InChI=1S/C31H47ClN4O5/c1-21(2)15-23-19-35(27-16-31(39-5)34-18-25(27)32)11-9-28(23)41-30-8-7-24(17-33-30)36-20-29(40-14-6-13-38-4)22(3)26(36)10-12-37/h7-8,16-18,21-23,26,28-29,37H,6,9-15,19-20H2,1-5H3/t22-,23?,26-,28?,29-/m0/s1. The van der Waals surface area contributed by atoms with Crippen molar-refractivity contribution < 1.29 is 24.1 Å². The second-order valence-electron chi connectivity index (χ2n) is 11.7. The summed E-state index contributed by atoms with van der Waals surface area (Å²) in [6.07, 6.45) is 7.20. The van der Waals surface area contributed by atoms with E-state index in [9.17, 15) is 5.11 Å². The predicted octanol–water partition coefficient (Wildman–Crippen LogP) is 5.09. The molecule has 10 heteroatoms. The smallest absolute Gasteiger partial charge is 0.215 e. The van der Waals surface area contributed by atoms with Crippen LogP contribution < -0.4 is 19.3 Å². The van der Waals surface area contributed by atoms with E-state index in [0.29, 0.717) is 54.2 Å². The lowest BCUT2D eigenvalue weighted by Crippen LogP contribution is -2.46. The Bertz CT molecular complexity index is 1070. The monoisotopic (exact) mass is 590 g/mol. The van der Waals surface area contributed by atoms with Crippen LogP contribution in [0.5, 0.6) is 11.8 Å². The van der Waals surface area contributed by atoms with E-state index >= 15 is 0 Å². The third-order valence-corrected chi connectivity index (χ3v) is 8.63. The number of aliphatic hydroxyl groups is 1. The fourth-order valence-corrected chi connectivity index (χ4v) is 6.49. The molecule has 2 aromatic rings. The summed E-state index contributed by atoms with van der Waals surface area (Å²) >= 11 is 6.53. The molecule has 2 fully saturated rings. The topological polar surface area (TPSA) is 89.4 Å². The van der Waals surface area contributed by atoms with Gasteiger partial charge in [0.05, 0.1) is 42.0 Å². The van der Waals surface area contributed by atoms with E-state index < -0.39 is 0 Å². The molecular weight excluding hydrogens is 544 g/mol. The minimum atomic E-state index is 0.0633. The van der Waals surface area contributed by atoms with E-state index in [4.69, 9.17) is 35.5 Å². The largest absolute Gasteiger partial charge is 0.481 e. The molecule has 2 aromatic heterocycles. The number of nitrogens with zero attached hydrogens (tertiary/aromatic N) is 4. The zero-order valence-corrected chi connectivity index (χ0v) is 25.9. The van der Waals surface area contributed by atoms with Crippen LogP contribution >= 0.6 is 11.6 Å². The minimum Gasteiger partial charge on any atom is -0.481 e. The average Bonchev–Trinajstić information content (AvgIpc) is 3.27. The number of piperidine rings is 1. The first-order valence-corrected chi connectivity index (χ1v) is 15.3. The second-order valence-corrected chi connectivity index (χ2v) is 12.1. The van der Waals surface area contributed by atoms with Gasteiger partial charge in [0.15, 0.2) is 0 Å². The highest BCUT2D eigenvalue weighted by atomic mass is 35.5. The summed E-state index contributed by atoms with van der Waals surface area (Å²) in [5.74, 6) is 2.36. The normalized spacial score (nSPS) is 24.7. The third-order valence-electron chi connectivity index (χ3n) is 8.34. The molecule has 1 N–H and O–H groups in total. The molecular formula is C31H47ClN4O5. The summed E-state index contributed by atoms with van der Waals surface area (Å²) in [6.45, 7) is 10.7. The Hall–Kier alpha value is -2.33. The number of rotatable bonds is 14. The van der Waals surface area contributed by atoms with Crippen LogP contribution in [0.3, 0.4) is 0 Å². The van der Waals surface area contributed by atoms with E-state index in [1.807, 2.05) is 18.3 Å². The van der Waals surface area contributed by atoms with Crippen molar-refractivity contribution in [1.82, 2.24) is 9.97 Å². The van der Waals surface area contributed by atoms with E-state index in [1.165, 1.54) is 0 Å². The minimum absolute atomic E-state index is 0.0633. The van der Waals surface area contributed by atoms with Crippen molar-refractivity contribution in [2.75, 3.05) is 63.5 Å². The summed E-state index contributed by atoms with van der Waals surface area (Å²) in [4.78, 5) is 13.6. The predicted molar refractivity (Wildman–Crippen MR) is 162 cm³/mol. The number of methoxy groups -OCH3 is 2. The van der Waals surface area contributed by atoms with E-state index in [1.54, 1.807) is 20.4 Å². The number of aromatic nitrogens is 2. The lowest BCUT2D eigenvalue weighted by atomic mass is 9.87. The van der Waals surface area contributed by atoms with E-state index in [-0.39, 0.29) is 24.9 Å². The van der Waals surface area contributed by atoms with Crippen LogP contribution in [0, 0.1) is 17.8 Å². The van der Waals surface area contributed by atoms with E-state index in [2.05, 4.69) is 41.6 Å². The Morgan fingerprint density at radius 1 is 1.07 bits per heavy atom. The number of aliphatic hydroxyl groups excluding tert-OH is 1. The number of ether oxygens (including phenoxy) is 4. The third kappa shape index (κ3) is 8.15. The second kappa shape index (κ2) is 15.2. The molecule has 0 aromatic carbocycles. The maximum atomic E-state index is 9.75. The van der Waals surface area contributed by atoms with Crippen molar-refractivity contribution in [1.29, 1.82) is 0 Å². The highest BCUT2D eigenvalue weighted by Crippen LogP contribution is 2.36. The lowest BCUT2D eigenvalue weighted by molar-refractivity contribution is 0.0259. The zero-order chi connectivity index (χ0) is 29.4. The molecule has 2 aliphatic rings. The van der Waals surface area contributed by atoms with Gasteiger partial charge < -0.3 is 33.9 Å². The lowest BCUT2D eigenvalue weighted by Gasteiger charge is -2.40. The molecule has 0 bridgehead atoms. The van der Waals surface area contributed by atoms with Gasteiger partial charge in [0.25, 0.3) is 0 Å². The highest BCUT2D eigenvalue weighted by Gasteiger charge is 2.39. The molecule has 41 heavy (non-hydrogen) atoms. The molecule has 9 nitrogen and oxygen atoms in total. The zero-order valence-electron chi connectivity index (χ0n) is 25.2. The summed E-state index contributed by atoms with van der Waals surface area (Å²) in [7, 11) is 3.33. The quantitative estimate of drug-likeness (QED) is 0.302. The van der Waals surface area contributed by atoms with Crippen molar-refractivity contribution >= 4 is 23.0 Å². The SMILES string of the molecule is COCCCO[C@H]1CN(c2ccc(OC3CCN(c4cc(OC)ncc4Cl)CC3CC(C)C)nc2)[C@@H](CCO)[C@@H]1C. The van der Waals surface area contributed by atoms with Crippen molar-refractivity contribution in [2.24, 2.45) is 17.8 Å². The molecule has 0 amide bonds. The summed E-state index contributed by atoms with van der Waals surface area (Å²) in [5, 5.41) is 10.4. The number of hydrogen-bond acceptors (Lipinski definition) is 9. The summed E-state index contributed by atoms with van der Waals surface area (Å²) < 4.78 is 23.2. The Morgan fingerprint density at radius 3 is 2.56 bits per heavy atom. The van der Waals surface area contributed by atoms with Crippen molar-refractivity contribution in [3.8, 4) is 11.8 Å². The van der Waals surface area contributed by atoms with Gasteiger partial charge in [0.1, 0.15) is 6.10 Å². The fourth-order valence-electron chi connectivity index (χ4n) is 6.26. The van der Waals surface area contributed by atoms with Crippen LogP contribution in [0.4, 0.5) is 11.4 Å². The van der Waals surface area contributed by atoms with Crippen LogP contribution in [0.1, 0.15) is 46.5 Å². The van der Waals surface area contributed by atoms with Gasteiger partial charge in [-0.15, -0.1) is 0 Å². The Labute approximate surface area is 250 Å². The number of halogens is 1. The number of anilines is 2. The first kappa shape index (κ1) is 31.6. The highest BCUT2D eigenvalue weighted by molar-refractivity contribution is 6.33. The Morgan fingerprint density at radius 2 is 1.88 bits per heavy atom. The van der Waals surface area contributed by atoms with Gasteiger partial charge in [-0.1, -0.05) is 32.4 Å². The molecule has 5 atom stereocenters. The van der Waals surface area contributed by atoms with Crippen molar-refractivity contribution in [2.45, 2.75) is 64.7 Å². The fraction of sp³-hybridized carbons (Fsp3) is 0.677. The molecule has 2 aliphatic heterocycles. The number of hydrogen-bond donors (Lipinski definition) is 1. The van der Waals surface area contributed by atoms with Gasteiger partial charge in [-0.05, 0) is 31.2 Å². The molecule has 4 heterocycles. The maximum absolute atomic E-state index is 9.75. The van der Waals surface area contributed by atoms with Crippen LogP contribution in [0.15, 0.2) is 30.6 Å². The van der Waals surface area contributed by atoms with Gasteiger partial charge >= 0.3 is 0 Å². The van der Waals surface area contributed by atoms with Gasteiger partial charge in [-0.3, -0.25) is 0 Å². The molecule has 0 radical (unpaired) electrons. The first-order chi connectivity index (χ1) is 19.8. The number of pyridine rings is 2. The van der Waals surface area contributed by atoms with Gasteiger partial charge in [0, 0.05) is 83.0 Å². The van der Waals surface area contributed by atoms with Gasteiger partial charge in [0.2, 0.25) is 11.8 Å². The van der Waals surface area contributed by atoms with Gasteiger partial charge in [-0.25, -0.2) is 9.97 Å². The molecule has 4 rings (SSSR count). The molecule has 2 saturated heterocycles. The molecule has 2 unspecified atom stereocenters. The van der Waals surface area contributed by atoms with Crippen molar-refractivity contribution in [3.05, 3.63) is 35.6 Å². The summed E-state index contributed by atoms with van der Waals surface area (Å²) in [5.41, 5.74) is 1.98. The van der Waals surface area contributed by atoms with Crippen LogP contribution in [0.25, 0.3) is 0 Å². The van der Waals surface area contributed by atoms with Crippen LogP contribution in [-0.4, -0.2) is 87.0 Å². The van der Waals surface area contributed by atoms with Crippen molar-refractivity contribution in [3.63, 3.8) is 0 Å². The summed E-state index contributed by atoms with van der Waals surface area (Å²) in [6, 6.07) is 6.17. The maximum Gasteiger partial charge on any atom is 0.215 e. The van der Waals surface area contributed by atoms with E-state index in [0.717, 1.165) is 50.3 Å². The molecule has 0 aliphatic carbocycles. The first-order valence-electron chi connectivity index (χ1n) is 14.9. The van der Waals surface area contributed by atoms with Crippen LogP contribution in [0.2, 0.25) is 5.02 Å². The molecule has 0 saturated carbocycles. The molecule has 228 valence electrons. The van der Waals surface area contributed by atoms with Gasteiger partial charge in [-0.2, -0.15) is 0 Å². The Balaban J connectivity index is 1.42. The Kier molecular flexibility index (Phi) is 11.7. The van der Waals surface area contributed by atoms with Crippen LogP contribution in [-0.2, 0) is 9.47 Å². The average molecular weight is 591 g/mol. The molecule has 0 spiro atoms.